The van der Waals surface area contributed by atoms with Crippen molar-refractivity contribution in [2.75, 3.05) is 13.1 Å². The molecule has 2 aromatic rings. The summed E-state index contributed by atoms with van der Waals surface area (Å²) in [6.07, 6.45) is 0.719. The van der Waals surface area contributed by atoms with E-state index in [1.54, 1.807) is 4.90 Å². The Kier molecular flexibility index (Phi) is 5.59. The number of amides is 1. The molecule has 30 heavy (non-hydrogen) atoms. The first kappa shape index (κ1) is 20.9. The van der Waals surface area contributed by atoms with E-state index in [0.29, 0.717) is 24.5 Å². The molecule has 1 amide bonds. The highest BCUT2D eigenvalue weighted by atomic mass is 19.4. The number of likely N-dealkylation sites (tertiary alicyclic amines) is 1. The van der Waals surface area contributed by atoms with Crippen molar-refractivity contribution < 1.29 is 22.8 Å². The van der Waals surface area contributed by atoms with E-state index in [1.165, 1.54) is 13.0 Å². The number of carbonyl (C=O) groups excluding carboxylic acids is 2. The van der Waals surface area contributed by atoms with E-state index in [0.717, 1.165) is 55.6 Å². The zero-order valence-electron chi connectivity index (χ0n) is 17.0. The van der Waals surface area contributed by atoms with Gasteiger partial charge in [0.05, 0.1) is 16.6 Å². The number of aromatic nitrogens is 2. The predicted molar refractivity (Wildman–Crippen MR) is 106 cm³/mol. The number of Topliss-reactive ketones (excluding diaryl/α,β-unsaturated/α-hetero) is 1. The maximum atomic E-state index is 13.2. The standard InChI is InChI=1S/C22H26F3N3O2/c1-14(29)5-8-20(30)27-11-9-17(10-12-27)28-19-7-6-16(22(23,24)25)13-18(19)26-21(28)15-3-2-4-15/h6-7,13,15,17H,2-5,8-12H2,1H3. The van der Waals surface area contributed by atoms with Gasteiger partial charge in [0.15, 0.2) is 0 Å². The first-order valence-electron chi connectivity index (χ1n) is 10.6. The predicted octanol–water partition coefficient (Wildman–Crippen LogP) is 4.86. The number of ketones is 1. The van der Waals surface area contributed by atoms with Crippen molar-refractivity contribution in [3.05, 3.63) is 29.6 Å². The molecule has 1 aromatic heterocycles. The third-order valence-electron chi connectivity index (χ3n) is 6.39. The summed E-state index contributed by atoms with van der Waals surface area (Å²) in [6.45, 7) is 2.66. The molecule has 0 N–H and O–H groups in total. The fourth-order valence-electron chi connectivity index (χ4n) is 4.45. The van der Waals surface area contributed by atoms with Gasteiger partial charge in [0.25, 0.3) is 0 Å². The average Bonchev–Trinajstić information content (AvgIpc) is 3.02. The normalized spacial score (nSPS) is 18.6. The minimum absolute atomic E-state index is 0.00601. The van der Waals surface area contributed by atoms with E-state index >= 15 is 0 Å². The van der Waals surface area contributed by atoms with Crippen LogP contribution < -0.4 is 0 Å². The molecule has 162 valence electrons. The van der Waals surface area contributed by atoms with Crippen LogP contribution in [0.2, 0.25) is 0 Å². The Hall–Kier alpha value is -2.38. The van der Waals surface area contributed by atoms with Gasteiger partial charge in [-0.1, -0.05) is 6.42 Å². The van der Waals surface area contributed by atoms with Crippen LogP contribution in [0.4, 0.5) is 13.2 Å². The third kappa shape index (κ3) is 4.09. The van der Waals surface area contributed by atoms with E-state index in [1.807, 2.05) is 0 Å². The van der Waals surface area contributed by atoms with Crippen molar-refractivity contribution in [2.24, 2.45) is 0 Å². The Morgan fingerprint density at radius 2 is 1.80 bits per heavy atom. The molecule has 2 heterocycles. The number of alkyl halides is 3. The van der Waals surface area contributed by atoms with Crippen molar-refractivity contribution in [1.29, 1.82) is 0 Å². The number of carbonyl (C=O) groups is 2. The Bertz CT molecular complexity index is 954. The summed E-state index contributed by atoms with van der Waals surface area (Å²) in [6, 6.07) is 3.93. The molecule has 1 aromatic carbocycles. The van der Waals surface area contributed by atoms with Crippen LogP contribution in [-0.2, 0) is 15.8 Å². The van der Waals surface area contributed by atoms with Crippen LogP contribution in [0, 0.1) is 0 Å². The fourth-order valence-corrected chi connectivity index (χ4v) is 4.45. The Balaban J connectivity index is 1.57. The molecule has 8 heteroatoms. The number of piperidine rings is 1. The van der Waals surface area contributed by atoms with Gasteiger partial charge in [-0.3, -0.25) is 4.79 Å². The van der Waals surface area contributed by atoms with Crippen LogP contribution in [0.15, 0.2) is 18.2 Å². The van der Waals surface area contributed by atoms with Gasteiger partial charge >= 0.3 is 6.18 Å². The number of nitrogens with zero attached hydrogens (tertiary/aromatic N) is 3. The molecule has 0 bridgehead atoms. The topological polar surface area (TPSA) is 55.2 Å². The van der Waals surface area contributed by atoms with Gasteiger partial charge < -0.3 is 14.3 Å². The molecule has 2 aliphatic rings. The largest absolute Gasteiger partial charge is 0.416 e. The molecule has 1 saturated carbocycles. The van der Waals surface area contributed by atoms with Gasteiger partial charge in [0.2, 0.25) is 5.91 Å². The van der Waals surface area contributed by atoms with Crippen molar-refractivity contribution >= 4 is 22.7 Å². The van der Waals surface area contributed by atoms with Crippen LogP contribution in [0.1, 0.15) is 75.2 Å². The molecule has 0 atom stereocenters. The van der Waals surface area contributed by atoms with Gasteiger partial charge in [-0.25, -0.2) is 4.98 Å². The Morgan fingerprint density at radius 3 is 2.37 bits per heavy atom. The lowest BCUT2D eigenvalue weighted by atomic mass is 9.84. The number of hydrogen-bond donors (Lipinski definition) is 0. The highest BCUT2D eigenvalue weighted by molar-refractivity contribution is 5.83. The number of imidazole rings is 1. The van der Waals surface area contributed by atoms with Gasteiger partial charge in [-0.15, -0.1) is 0 Å². The number of halogens is 3. The molecule has 1 aliphatic heterocycles. The zero-order chi connectivity index (χ0) is 21.5. The summed E-state index contributed by atoms with van der Waals surface area (Å²) in [7, 11) is 0. The van der Waals surface area contributed by atoms with Gasteiger partial charge in [-0.05, 0) is 50.8 Å². The summed E-state index contributed by atoms with van der Waals surface area (Å²) in [4.78, 5) is 29.9. The van der Waals surface area contributed by atoms with Crippen molar-refractivity contribution in [1.82, 2.24) is 14.5 Å². The smallest absolute Gasteiger partial charge is 0.343 e. The molecule has 1 saturated heterocycles. The number of rotatable bonds is 5. The van der Waals surface area contributed by atoms with E-state index in [9.17, 15) is 22.8 Å². The van der Waals surface area contributed by atoms with Crippen LogP contribution in [0.5, 0.6) is 0 Å². The lowest BCUT2D eigenvalue weighted by Gasteiger charge is -2.35. The van der Waals surface area contributed by atoms with Crippen LogP contribution in [-0.4, -0.2) is 39.2 Å². The first-order chi connectivity index (χ1) is 14.2. The molecular formula is C22H26F3N3O2. The molecule has 0 unspecified atom stereocenters. The second kappa shape index (κ2) is 8.04. The summed E-state index contributed by atoms with van der Waals surface area (Å²) in [5.74, 6) is 1.18. The Morgan fingerprint density at radius 1 is 1.10 bits per heavy atom. The Labute approximate surface area is 173 Å². The number of benzene rings is 1. The van der Waals surface area contributed by atoms with E-state index in [4.69, 9.17) is 0 Å². The molecule has 4 rings (SSSR count). The maximum Gasteiger partial charge on any atom is 0.416 e. The minimum atomic E-state index is -4.39. The third-order valence-corrected chi connectivity index (χ3v) is 6.39. The summed E-state index contributed by atoms with van der Waals surface area (Å²) in [5.41, 5.74) is 0.462. The molecular weight excluding hydrogens is 395 g/mol. The molecule has 1 aliphatic carbocycles. The second-order valence-electron chi connectivity index (χ2n) is 8.48. The zero-order valence-corrected chi connectivity index (χ0v) is 17.0. The highest BCUT2D eigenvalue weighted by Gasteiger charge is 2.34. The highest BCUT2D eigenvalue weighted by Crippen LogP contribution is 2.41. The van der Waals surface area contributed by atoms with Crippen molar-refractivity contribution in [3.63, 3.8) is 0 Å². The number of fused-ring (bicyclic) bond motifs is 1. The fraction of sp³-hybridized carbons (Fsp3) is 0.591. The minimum Gasteiger partial charge on any atom is -0.343 e. The van der Waals surface area contributed by atoms with Gasteiger partial charge in [0, 0.05) is 37.9 Å². The first-order valence-corrected chi connectivity index (χ1v) is 10.6. The summed E-state index contributed by atoms with van der Waals surface area (Å²) < 4.78 is 41.6. The second-order valence-corrected chi connectivity index (χ2v) is 8.48. The molecule has 5 nitrogen and oxygen atoms in total. The van der Waals surface area contributed by atoms with E-state index < -0.39 is 11.7 Å². The van der Waals surface area contributed by atoms with E-state index in [-0.39, 0.29) is 30.6 Å². The van der Waals surface area contributed by atoms with E-state index in [2.05, 4.69) is 9.55 Å². The molecule has 0 radical (unpaired) electrons. The van der Waals surface area contributed by atoms with Crippen molar-refractivity contribution in [2.45, 2.75) is 70.0 Å². The summed E-state index contributed by atoms with van der Waals surface area (Å²) >= 11 is 0. The summed E-state index contributed by atoms with van der Waals surface area (Å²) in [5, 5.41) is 0. The maximum absolute atomic E-state index is 13.2. The monoisotopic (exact) mass is 421 g/mol. The molecule has 2 fully saturated rings. The van der Waals surface area contributed by atoms with Crippen LogP contribution in [0.25, 0.3) is 11.0 Å². The quantitative estimate of drug-likeness (QED) is 0.693. The lowest BCUT2D eigenvalue weighted by molar-refractivity contribution is -0.137. The average molecular weight is 421 g/mol. The molecule has 0 spiro atoms. The SMILES string of the molecule is CC(=O)CCC(=O)N1CCC(n2c(C3CCC3)nc3cc(C(F)(F)F)ccc32)CC1. The number of hydrogen-bond acceptors (Lipinski definition) is 3. The van der Waals surface area contributed by atoms with Gasteiger partial charge in [0.1, 0.15) is 11.6 Å². The van der Waals surface area contributed by atoms with Crippen molar-refractivity contribution in [3.8, 4) is 0 Å². The van der Waals surface area contributed by atoms with Gasteiger partial charge in [-0.2, -0.15) is 13.2 Å². The lowest BCUT2D eigenvalue weighted by Crippen LogP contribution is -2.39. The van der Waals surface area contributed by atoms with Crippen LogP contribution in [0.3, 0.4) is 0 Å². The van der Waals surface area contributed by atoms with Crippen LogP contribution >= 0.6 is 0 Å².